The lowest BCUT2D eigenvalue weighted by atomic mass is 10.1. The van der Waals surface area contributed by atoms with Crippen molar-refractivity contribution in [3.05, 3.63) is 40.1 Å². The third kappa shape index (κ3) is 2.65. The molecule has 0 fully saturated rings. The zero-order valence-electron chi connectivity index (χ0n) is 10.7. The van der Waals surface area contributed by atoms with Gasteiger partial charge in [-0.05, 0) is 24.3 Å². The van der Waals surface area contributed by atoms with Crippen LogP contribution in [0, 0.1) is 5.82 Å². The summed E-state index contributed by atoms with van der Waals surface area (Å²) in [5.41, 5.74) is 0.169. The van der Waals surface area contributed by atoms with Crippen LogP contribution in [-0.4, -0.2) is 19.0 Å². The van der Waals surface area contributed by atoms with Crippen molar-refractivity contribution in [2.24, 2.45) is 0 Å². The highest BCUT2D eigenvalue weighted by atomic mass is 79.9. The number of halogens is 2. The topological polar surface area (TPSA) is 52.6 Å². The van der Waals surface area contributed by atoms with E-state index >= 15 is 0 Å². The first-order chi connectivity index (χ1) is 9.43. The number of rotatable bonds is 2. The number of benzene rings is 2. The van der Waals surface area contributed by atoms with Crippen LogP contribution in [-0.2, 0) is 9.53 Å². The predicted molar refractivity (Wildman–Crippen MR) is 74.3 cm³/mol. The van der Waals surface area contributed by atoms with Gasteiger partial charge in [-0.3, -0.25) is 4.79 Å². The summed E-state index contributed by atoms with van der Waals surface area (Å²) >= 11 is 3.28. The van der Waals surface area contributed by atoms with E-state index in [0.29, 0.717) is 9.86 Å². The molecular weight excluding hydrogens is 331 g/mol. The number of methoxy groups -OCH3 is 1. The molecule has 0 aromatic heterocycles. The zero-order valence-corrected chi connectivity index (χ0v) is 12.3. The van der Waals surface area contributed by atoms with Crippen molar-refractivity contribution < 1.29 is 23.5 Å². The van der Waals surface area contributed by atoms with Gasteiger partial charge in [0, 0.05) is 16.8 Å². The van der Waals surface area contributed by atoms with E-state index < -0.39 is 17.8 Å². The van der Waals surface area contributed by atoms with Crippen molar-refractivity contribution in [2.75, 3.05) is 7.11 Å². The second kappa shape index (κ2) is 5.58. The van der Waals surface area contributed by atoms with Crippen LogP contribution >= 0.6 is 15.9 Å². The molecule has 2 aromatic rings. The Morgan fingerprint density at radius 1 is 1.25 bits per heavy atom. The zero-order chi connectivity index (χ0) is 14.9. The standard InChI is InChI=1S/C14H10BrFO4/c1-7(17)20-12-6-8(14(18)19-2)5-9-10(15)3-4-11(16)13(9)12/h3-6H,1-2H3. The average molecular weight is 341 g/mol. The molecule has 0 unspecified atom stereocenters. The molecule has 0 aliphatic rings. The third-order valence-corrected chi connectivity index (χ3v) is 3.34. The molecular formula is C14H10BrFO4. The normalized spacial score (nSPS) is 10.4. The number of carbonyl (C=O) groups is 2. The lowest BCUT2D eigenvalue weighted by molar-refractivity contribution is -0.131. The summed E-state index contributed by atoms with van der Waals surface area (Å²) in [6.45, 7) is 1.20. The Bertz CT molecular complexity index is 712. The molecule has 6 heteroatoms. The van der Waals surface area contributed by atoms with Crippen LogP contribution in [0.5, 0.6) is 5.75 Å². The fraction of sp³-hybridized carbons (Fsp3) is 0.143. The summed E-state index contributed by atoms with van der Waals surface area (Å²) in [5.74, 6) is -1.77. The maximum absolute atomic E-state index is 14.0. The fourth-order valence-corrected chi connectivity index (χ4v) is 2.29. The Morgan fingerprint density at radius 2 is 1.95 bits per heavy atom. The Balaban J connectivity index is 2.81. The van der Waals surface area contributed by atoms with Crippen molar-refractivity contribution >= 4 is 38.6 Å². The number of ether oxygens (including phenoxy) is 2. The molecule has 0 spiro atoms. The molecule has 104 valence electrons. The first kappa shape index (κ1) is 14.5. The number of fused-ring (bicyclic) bond motifs is 1. The molecule has 0 N–H and O–H groups in total. The van der Waals surface area contributed by atoms with Gasteiger partial charge in [-0.1, -0.05) is 15.9 Å². The number of hydrogen-bond acceptors (Lipinski definition) is 4. The lowest BCUT2D eigenvalue weighted by Crippen LogP contribution is -2.06. The maximum atomic E-state index is 14.0. The average Bonchev–Trinajstić information content (AvgIpc) is 2.41. The fourth-order valence-electron chi connectivity index (χ4n) is 1.84. The van der Waals surface area contributed by atoms with Crippen molar-refractivity contribution in [1.82, 2.24) is 0 Å². The first-order valence-electron chi connectivity index (χ1n) is 5.62. The van der Waals surface area contributed by atoms with Crippen LogP contribution < -0.4 is 4.74 Å². The highest BCUT2D eigenvalue weighted by Crippen LogP contribution is 2.35. The van der Waals surface area contributed by atoms with Gasteiger partial charge in [0.15, 0.2) is 0 Å². The molecule has 0 aliphatic heterocycles. The molecule has 4 nitrogen and oxygen atoms in total. The highest BCUT2D eigenvalue weighted by molar-refractivity contribution is 9.10. The lowest BCUT2D eigenvalue weighted by Gasteiger charge is -2.11. The summed E-state index contributed by atoms with van der Waals surface area (Å²) in [6, 6.07) is 5.51. The Morgan fingerprint density at radius 3 is 2.55 bits per heavy atom. The summed E-state index contributed by atoms with van der Waals surface area (Å²) in [7, 11) is 1.23. The molecule has 0 radical (unpaired) electrons. The van der Waals surface area contributed by atoms with E-state index in [9.17, 15) is 14.0 Å². The van der Waals surface area contributed by atoms with Gasteiger partial charge < -0.3 is 9.47 Å². The SMILES string of the molecule is COC(=O)c1cc(OC(C)=O)c2c(F)ccc(Br)c2c1. The van der Waals surface area contributed by atoms with Crippen molar-refractivity contribution in [1.29, 1.82) is 0 Å². The van der Waals surface area contributed by atoms with E-state index in [1.807, 2.05) is 0 Å². The summed E-state index contributed by atoms with van der Waals surface area (Å²) < 4.78 is 24.2. The Kier molecular flexibility index (Phi) is 4.04. The molecule has 2 aromatic carbocycles. The minimum absolute atomic E-state index is 0.0193. The molecule has 0 saturated heterocycles. The van der Waals surface area contributed by atoms with E-state index in [2.05, 4.69) is 20.7 Å². The van der Waals surface area contributed by atoms with E-state index in [4.69, 9.17) is 4.74 Å². The van der Waals surface area contributed by atoms with Gasteiger partial charge in [-0.15, -0.1) is 0 Å². The van der Waals surface area contributed by atoms with E-state index in [0.717, 1.165) is 0 Å². The Hall–Kier alpha value is -1.95. The van der Waals surface area contributed by atoms with Crippen molar-refractivity contribution in [2.45, 2.75) is 6.92 Å². The number of carbonyl (C=O) groups excluding carboxylic acids is 2. The first-order valence-corrected chi connectivity index (χ1v) is 6.42. The number of hydrogen-bond donors (Lipinski definition) is 0. The van der Waals surface area contributed by atoms with Crippen LogP contribution in [0.15, 0.2) is 28.7 Å². The quantitative estimate of drug-likeness (QED) is 0.620. The monoisotopic (exact) mass is 340 g/mol. The van der Waals surface area contributed by atoms with Gasteiger partial charge in [-0.25, -0.2) is 9.18 Å². The second-order valence-electron chi connectivity index (χ2n) is 4.01. The van der Waals surface area contributed by atoms with Crippen molar-refractivity contribution in [3.63, 3.8) is 0 Å². The van der Waals surface area contributed by atoms with E-state index in [-0.39, 0.29) is 16.7 Å². The van der Waals surface area contributed by atoms with Gasteiger partial charge in [0.2, 0.25) is 0 Å². The molecule has 20 heavy (non-hydrogen) atoms. The minimum Gasteiger partial charge on any atom is -0.465 e. The Labute approximate surface area is 122 Å². The van der Waals surface area contributed by atoms with Crippen LogP contribution in [0.4, 0.5) is 4.39 Å². The van der Waals surface area contributed by atoms with E-state index in [1.54, 1.807) is 0 Å². The third-order valence-electron chi connectivity index (χ3n) is 2.65. The van der Waals surface area contributed by atoms with E-state index in [1.165, 1.54) is 38.3 Å². The maximum Gasteiger partial charge on any atom is 0.338 e. The van der Waals surface area contributed by atoms with Crippen LogP contribution in [0.2, 0.25) is 0 Å². The van der Waals surface area contributed by atoms with Gasteiger partial charge in [-0.2, -0.15) is 0 Å². The van der Waals surface area contributed by atoms with Crippen LogP contribution in [0.25, 0.3) is 10.8 Å². The number of esters is 2. The minimum atomic E-state index is -0.604. The predicted octanol–water partition coefficient (Wildman–Crippen LogP) is 3.45. The van der Waals surface area contributed by atoms with Gasteiger partial charge >= 0.3 is 11.9 Å². The largest absolute Gasteiger partial charge is 0.465 e. The molecule has 0 heterocycles. The summed E-state index contributed by atoms with van der Waals surface area (Å²) in [6.07, 6.45) is 0. The van der Waals surface area contributed by atoms with Gasteiger partial charge in [0.1, 0.15) is 11.6 Å². The van der Waals surface area contributed by atoms with Gasteiger partial charge in [0.25, 0.3) is 0 Å². The molecule has 0 aliphatic carbocycles. The smallest absolute Gasteiger partial charge is 0.338 e. The molecule has 0 amide bonds. The molecule has 0 atom stereocenters. The second-order valence-corrected chi connectivity index (χ2v) is 4.87. The summed E-state index contributed by atoms with van der Waals surface area (Å²) in [5, 5.41) is 0.548. The molecule has 2 rings (SSSR count). The summed E-state index contributed by atoms with van der Waals surface area (Å²) in [4.78, 5) is 22.8. The highest BCUT2D eigenvalue weighted by Gasteiger charge is 2.17. The molecule has 0 saturated carbocycles. The van der Waals surface area contributed by atoms with Crippen LogP contribution in [0.3, 0.4) is 0 Å². The van der Waals surface area contributed by atoms with Gasteiger partial charge in [0.05, 0.1) is 18.1 Å². The van der Waals surface area contributed by atoms with Crippen LogP contribution in [0.1, 0.15) is 17.3 Å². The molecule has 0 bridgehead atoms. The van der Waals surface area contributed by atoms with Crippen molar-refractivity contribution in [3.8, 4) is 5.75 Å².